The van der Waals surface area contributed by atoms with Crippen molar-refractivity contribution < 1.29 is 14.5 Å². The van der Waals surface area contributed by atoms with Gasteiger partial charge in [0.25, 0.3) is 5.69 Å². The van der Waals surface area contributed by atoms with Gasteiger partial charge in [-0.1, -0.05) is 19.8 Å². The van der Waals surface area contributed by atoms with E-state index in [4.69, 9.17) is 0 Å². The second-order valence-electron chi connectivity index (χ2n) is 8.11. The largest absolute Gasteiger partial charge is 0.366 e. The van der Waals surface area contributed by atoms with Crippen molar-refractivity contribution in [1.82, 2.24) is 0 Å². The minimum atomic E-state index is -0.408. The quantitative estimate of drug-likeness (QED) is 0.461. The molecule has 2 aliphatic heterocycles. The highest BCUT2D eigenvalue weighted by Crippen LogP contribution is 2.42. The van der Waals surface area contributed by atoms with Crippen LogP contribution < -0.4 is 9.80 Å². The molecule has 4 rings (SSSR count). The van der Waals surface area contributed by atoms with Gasteiger partial charge in [-0.2, -0.15) is 0 Å². The van der Waals surface area contributed by atoms with Crippen LogP contribution in [0.4, 0.5) is 17.1 Å². The average Bonchev–Trinajstić information content (AvgIpc) is 2.93. The Bertz CT molecular complexity index is 761. The van der Waals surface area contributed by atoms with Crippen LogP contribution in [0.2, 0.25) is 0 Å². The van der Waals surface area contributed by atoms with Gasteiger partial charge in [0.15, 0.2) is 0 Å². The fourth-order valence-corrected chi connectivity index (χ4v) is 4.73. The Labute approximate surface area is 158 Å². The Kier molecular flexibility index (Phi) is 4.61. The molecule has 0 radical (unpaired) electrons. The first-order valence-corrected chi connectivity index (χ1v) is 9.88. The van der Waals surface area contributed by atoms with Crippen LogP contribution >= 0.6 is 0 Å². The lowest BCUT2D eigenvalue weighted by molar-refractivity contribution is -0.384. The van der Waals surface area contributed by atoms with E-state index in [-0.39, 0.29) is 29.3 Å². The number of imide groups is 1. The molecule has 2 amide bonds. The fourth-order valence-electron chi connectivity index (χ4n) is 4.73. The number of piperidine rings is 1. The molecule has 1 saturated carbocycles. The van der Waals surface area contributed by atoms with E-state index in [0.29, 0.717) is 17.3 Å². The maximum atomic E-state index is 12.8. The van der Waals surface area contributed by atoms with Crippen LogP contribution in [0.1, 0.15) is 45.4 Å². The molecule has 0 bridgehead atoms. The third-order valence-electron chi connectivity index (χ3n) is 6.38. The molecule has 0 aromatic heterocycles. The summed E-state index contributed by atoms with van der Waals surface area (Å²) in [5.74, 6) is -0.276. The SMILES string of the molecule is CC1CCN(c2ccc(N3C(=O)[C@H]4CCCC[C@@H]4C3=O)cc2[N+](=O)[O-])CC1. The number of benzene rings is 1. The van der Waals surface area contributed by atoms with E-state index in [1.807, 2.05) is 4.90 Å². The molecule has 2 heterocycles. The second kappa shape index (κ2) is 6.94. The number of nitrogens with zero attached hydrogens (tertiary/aromatic N) is 3. The van der Waals surface area contributed by atoms with Crippen molar-refractivity contribution in [3.63, 3.8) is 0 Å². The van der Waals surface area contributed by atoms with Gasteiger partial charge in [0.2, 0.25) is 11.8 Å². The molecule has 0 unspecified atom stereocenters. The number of carbonyl (C=O) groups excluding carboxylic acids is 2. The minimum Gasteiger partial charge on any atom is -0.366 e. The predicted molar refractivity (Wildman–Crippen MR) is 102 cm³/mol. The Morgan fingerprint density at radius 3 is 2.15 bits per heavy atom. The summed E-state index contributed by atoms with van der Waals surface area (Å²) in [4.78, 5) is 40.1. The van der Waals surface area contributed by atoms with Crippen molar-refractivity contribution in [3.05, 3.63) is 28.3 Å². The van der Waals surface area contributed by atoms with Gasteiger partial charge in [-0.15, -0.1) is 0 Å². The third-order valence-corrected chi connectivity index (χ3v) is 6.38. The smallest absolute Gasteiger partial charge is 0.294 e. The molecule has 3 fully saturated rings. The molecular formula is C20H25N3O4. The lowest BCUT2D eigenvalue weighted by Crippen LogP contribution is -2.34. The Hall–Kier alpha value is -2.44. The van der Waals surface area contributed by atoms with Crippen LogP contribution in [0, 0.1) is 27.9 Å². The zero-order chi connectivity index (χ0) is 19.1. The van der Waals surface area contributed by atoms with Crippen LogP contribution in [0.25, 0.3) is 0 Å². The van der Waals surface area contributed by atoms with E-state index in [9.17, 15) is 19.7 Å². The van der Waals surface area contributed by atoms with Crippen molar-refractivity contribution in [2.75, 3.05) is 22.9 Å². The van der Waals surface area contributed by atoms with Crippen molar-refractivity contribution in [3.8, 4) is 0 Å². The molecule has 2 saturated heterocycles. The first-order valence-electron chi connectivity index (χ1n) is 9.88. The normalized spacial score (nSPS) is 26.4. The summed E-state index contributed by atoms with van der Waals surface area (Å²) in [5, 5.41) is 11.7. The molecule has 1 aromatic carbocycles. The van der Waals surface area contributed by atoms with Crippen LogP contribution in [0.5, 0.6) is 0 Å². The maximum Gasteiger partial charge on any atom is 0.294 e. The van der Waals surface area contributed by atoms with Gasteiger partial charge < -0.3 is 4.90 Å². The lowest BCUT2D eigenvalue weighted by Gasteiger charge is -2.32. The molecule has 2 atom stereocenters. The lowest BCUT2D eigenvalue weighted by atomic mass is 9.81. The second-order valence-corrected chi connectivity index (χ2v) is 8.11. The molecule has 7 heteroatoms. The van der Waals surface area contributed by atoms with Crippen LogP contribution in [0.15, 0.2) is 18.2 Å². The fraction of sp³-hybridized carbons (Fsp3) is 0.600. The number of nitro groups is 1. The van der Waals surface area contributed by atoms with Crippen molar-refractivity contribution >= 4 is 28.9 Å². The zero-order valence-electron chi connectivity index (χ0n) is 15.6. The molecular weight excluding hydrogens is 346 g/mol. The number of anilines is 2. The number of hydrogen-bond donors (Lipinski definition) is 0. The summed E-state index contributed by atoms with van der Waals surface area (Å²) in [6.07, 6.45) is 5.40. The molecule has 27 heavy (non-hydrogen) atoms. The number of hydrogen-bond acceptors (Lipinski definition) is 5. The first-order chi connectivity index (χ1) is 13.0. The van der Waals surface area contributed by atoms with Crippen LogP contribution in [-0.2, 0) is 9.59 Å². The van der Waals surface area contributed by atoms with Crippen LogP contribution in [0.3, 0.4) is 0 Å². The number of fused-ring (bicyclic) bond motifs is 1. The van der Waals surface area contributed by atoms with E-state index >= 15 is 0 Å². The summed E-state index contributed by atoms with van der Waals surface area (Å²) in [7, 11) is 0. The molecule has 144 valence electrons. The van der Waals surface area contributed by atoms with E-state index in [1.54, 1.807) is 12.1 Å². The molecule has 0 spiro atoms. The summed E-state index contributed by atoms with van der Waals surface area (Å²) in [6, 6.07) is 4.79. The van der Waals surface area contributed by atoms with Gasteiger partial charge in [-0.25, -0.2) is 4.90 Å². The molecule has 0 N–H and O–H groups in total. The van der Waals surface area contributed by atoms with Gasteiger partial charge in [0.05, 0.1) is 22.4 Å². The molecule has 1 aliphatic carbocycles. The number of rotatable bonds is 3. The van der Waals surface area contributed by atoms with Gasteiger partial charge in [0, 0.05) is 19.2 Å². The Morgan fingerprint density at radius 1 is 1.00 bits per heavy atom. The van der Waals surface area contributed by atoms with Gasteiger partial charge in [0.1, 0.15) is 5.69 Å². The zero-order valence-corrected chi connectivity index (χ0v) is 15.6. The van der Waals surface area contributed by atoms with Crippen molar-refractivity contribution in [1.29, 1.82) is 0 Å². The number of amides is 2. The third kappa shape index (κ3) is 3.09. The van der Waals surface area contributed by atoms with E-state index in [2.05, 4.69) is 6.92 Å². The average molecular weight is 371 g/mol. The Morgan fingerprint density at radius 2 is 1.59 bits per heavy atom. The van der Waals surface area contributed by atoms with Crippen LogP contribution in [-0.4, -0.2) is 29.8 Å². The van der Waals surface area contributed by atoms with Gasteiger partial charge >= 0.3 is 0 Å². The standard InChI is InChI=1S/C20H25N3O4/c1-13-8-10-21(11-9-13)17-7-6-14(12-18(17)23(26)27)22-19(24)15-4-2-3-5-16(15)20(22)25/h6-7,12-13,15-16H,2-5,8-11H2,1H3/t15-,16-/m0/s1. The highest BCUT2D eigenvalue weighted by atomic mass is 16.6. The molecule has 7 nitrogen and oxygen atoms in total. The molecule has 3 aliphatic rings. The van der Waals surface area contributed by atoms with Crippen molar-refractivity contribution in [2.24, 2.45) is 17.8 Å². The van der Waals surface area contributed by atoms with Gasteiger partial charge in [-0.05, 0) is 43.7 Å². The first kappa shape index (κ1) is 17.9. The summed E-state index contributed by atoms with van der Waals surface area (Å²) in [5.41, 5.74) is 0.880. The van der Waals surface area contributed by atoms with Crippen molar-refractivity contribution in [2.45, 2.75) is 45.4 Å². The highest BCUT2D eigenvalue weighted by Gasteiger charge is 2.49. The summed E-state index contributed by atoms with van der Waals surface area (Å²) >= 11 is 0. The monoisotopic (exact) mass is 371 g/mol. The predicted octanol–water partition coefficient (Wildman–Crippen LogP) is 3.51. The van der Waals surface area contributed by atoms with Gasteiger partial charge in [-0.3, -0.25) is 19.7 Å². The Balaban J connectivity index is 1.66. The minimum absolute atomic E-state index is 0.0301. The van der Waals surface area contributed by atoms with E-state index in [1.165, 1.54) is 11.0 Å². The van der Waals surface area contributed by atoms with E-state index < -0.39 is 4.92 Å². The number of carbonyl (C=O) groups is 2. The maximum absolute atomic E-state index is 12.8. The molecule has 1 aromatic rings. The highest BCUT2D eigenvalue weighted by molar-refractivity contribution is 6.22. The summed E-state index contributed by atoms with van der Waals surface area (Å²) in [6.45, 7) is 3.76. The number of nitro benzene ring substituents is 1. The topological polar surface area (TPSA) is 83.8 Å². The van der Waals surface area contributed by atoms with E-state index in [0.717, 1.165) is 51.6 Å². The summed E-state index contributed by atoms with van der Waals surface area (Å²) < 4.78 is 0.